The number of alkyl carbamates (subject to hydrolysis) is 1. The normalized spacial score (nSPS) is 12.5. The molecule has 0 saturated carbocycles. The van der Waals surface area contributed by atoms with E-state index in [0.29, 0.717) is 6.61 Å². The van der Waals surface area contributed by atoms with Gasteiger partial charge in [-0.3, -0.25) is 4.79 Å². The van der Waals surface area contributed by atoms with E-state index >= 15 is 0 Å². The number of esters is 1. The molecule has 0 aliphatic heterocycles. The Labute approximate surface area is 102 Å². The van der Waals surface area contributed by atoms with Gasteiger partial charge in [0, 0.05) is 0 Å². The Morgan fingerprint density at radius 2 is 2.00 bits per heavy atom. The van der Waals surface area contributed by atoms with E-state index in [1.807, 2.05) is 0 Å². The molecule has 0 radical (unpaired) electrons. The van der Waals surface area contributed by atoms with Gasteiger partial charge in [0.15, 0.2) is 0 Å². The van der Waals surface area contributed by atoms with Gasteiger partial charge >= 0.3 is 12.1 Å². The molecular formula is C12H21NO4. The van der Waals surface area contributed by atoms with Crippen LogP contribution in [0.4, 0.5) is 4.79 Å². The summed E-state index contributed by atoms with van der Waals surface area (Å²) < 4.78 is 9.84. The molecule has 1 N–H and O–H groups in total. The minimum atomic E-state index is -0.577. The smallest absolute Gasteiger partial charge is 0.408 e. The molecule has 0 aliphatic carbocycles. The molecule has 98 valence electrons. The first-order valence-electron chi connectivity index (χ1n) is 5.56. The highest BCUT2D eigenvalue weighted by Gasteiger charge is 2.19. The second-order valence-corrected chi connectivity index (χ2v) is 4.50. The number of amides is 1. The van der Waals surface area contributed by atoms with Crippen molar-refractivity contribution < 1.29 is 19.1 Å². The lowest BCUT2D eigenvalue weighted by Gasteiger charge is -2.21. The Balaban J connectivity index is 4.17. The number of carbonyl (C=O) groups excluding carboxylic acids is 2. The third kappa shape index (κ3) is 8.30. The minimum absolute atomic E-state index is 0.0522. The molecule has 5 nitrogen and oxygen atoms in total. The molecular weight excluding hydrogens is 222 g/mol. The van der Waals surface area contributed by atoms with Gasteiger partial charge in [-0.2, -0.15) is 0 Å². The molecule has 1 amide bonds. The van der Waals surface area contributed by atoms with Crippen molar-refractivity contribution in [3.05, 3.63) is 12.7 Å². The first kappa shape index (κ1) is 15.5. The van der Waals surface area contributed by atoms with Crippen molar-refractivity contribution in [1.29, 1.82) is 0 Å². The number of rotatable bonds is 5. The summed E-state index contributed by atoms with van der Waals surface area (Å²) in [7, 11) is 0. The molecule has 0 rings (SSSR count). The molecule has 0 heterocycles. The van der Waals surface area contributed by atoms with Gasteiger partial charge in [0.2, 0.25) is 0 Å². The monoisotopic (exact) mass is 243 g/mol. The first-order chi connectivity index (χ1) is 7.78. The van der Waals surface area contributed by atoms with Crippen LogP contribution < -0.4 is 5.32 Å². The molecule has 0 bridgehead atoms. The molecule has 0 aromatic heterocycles. The van der Waals surface area contributed by atoms with Gasteiger partial charge in [0.05, 0.1) is 19.1 Å². The maximum Gasteiger partial charge on any atom is 0.408 e. The topological polar surface area (TPSA) is 64.6 Å². The van der Waals surface area contributed by atoms with Crippen LogP contribution in [0.15, 0.2) is 12.7 Å². The highest BCUT2D eigenvalue weighted by atomic mass is 16.6. The zero-order valence-corrected chi connectivity index (χ0v) is 10.9. The summed E-state index contributed by atoms with van der Waals surface area (Å²) in [4.78, 5) is 22.7. The second-order valence-electron chi connectivity index (χ2n) is 4.50. The summed E-state index contributed by atoms with van der Waals surface area (Å²) in [6.45, 7) is 10.9. The lowest BCUT2D eigenvalue weighted by atomic mass is 10.2. The average Bonchev–Trinajstić information content (AvgIpc) is 2.13. The van der Waals surface area contributed by atoms with E-state index in [4.69, 9.17) is 9.47 Å². The van der Waals surface area contributed by atoms with Crippen LogP contribution in [0, 0.1) is 0 Å². The average molecular weight is 243 g/mol. The van der Waals surface area contributed by atoms with E-state index in [-0.39, 0.29) is 12.4 Å². The maximum atomic E-state index is 11.4. The Morgan fingerprint density at radius 1 is 1.41 bits per heavy atom. The standard InChI is InChI=1S/C12H21NO4/c1-6-9(8-10(14)16-7-2)13-11(15)17-12(3,4)5/h6,9H,1,7-8H2,2-5H3,(H,13,15). The number of carbonyl (C=O) groups is 2. The fourth-order valence-corrected chi connectivity index (χ4v) is 1.05. The van der Waals surface area contributed by atoms with Gasteiger partial charge < -0.3 is 14.8 Å². The lowest BCUT2D eigenvalue weighted by molar-refractivity contribution is -0.143. The number of ether oxygens (including phenoxy) is 2. The molecule has 0 aromatic rings. The summed E-state index contributed by atoms with van der Waals surface area (Å²) >= 11 is 0. The molecule has 0 spiro atoms. The fraction of sp³-hybridized carbons (Fsp3) is 0.667. The van der Waals surface area contributed by atoms with Crippen molar-refractivity contribution in [2.75, 3.05) is 6.61 Å². The third-order valence-electron chi connectivity index (χ3n) is 1.68. The zero-order chi connectivity index (χ0) is 13.5. The van der Waals surface area contributed by atoms with Gasteiger partial charge in [0.25, 0.3) is 0 Å². The van der Waals surface area contributed by atoms with Gasteiger partial charge in [-0.1, -0.05) is 6.08 Å². The van der Waals surface area contributed by atoms with Crippen molar-refractivity contribution >= 4 is 12.1 Å². The van der Waals surface area contributed by atoms with Crippen LogP contribution in [-0.2, 0) is 14.3 Å². The molecule has 0 fully saturated rings. The van der Waals surface area contributed by atoms with Crippen LogP contribution in [0.2, 0.25) is 0 Å². The summed E-state index contributed by atoms with van der Waals surface area (Å²) in [6, 6.07) is -0.483. The first-order valence-corrected chi connectivity index (χ1v) is 5.56. The quantitative estimate of drug-likeness (QED) is 0.592. The van der Waals surface area contributed by atoms with E-state index < -0.39 is 17.7 Å². The third-order valence-corrected chi connectivity index (χ3v) is 1.68. The number of nitrogens with one attached hydrogen (secondary N) is 1. The Morgan fingerprint density at radius 3 is 2.41 bits per heavy atom. The van der Waals surface area contributed by atoms with E-state index in [2.05, 4.69) is 11.9 Å². The van der Waals surface area contributed by atoms with E-state index in [9.17, 15) is 9.59 Å². The van der Waals surface area contributed by atoms with Crippen LogP contribution in [-0.4, -0.2) is 30.3 Å². The van der Waals surface area contributed by atoms with Crippen molar-refractivity contribution in [3.63, 3.8) is 0 Å². The zero-order valence-electron chi connectivity index (χ0n) is 10.9. The Kier molecular flexibility index (Phi) is 6.31. The minimum Gasteiger partial charge on any atom is -0.466 e. The van der Waals surface area contributed by atoms with Gasteiger partial charge in [0.1, 0.15) is 5.60 Å². The van der Waals surface area contributed by atoms with Crippen LogP contribution >= 0.6 is 0 Å². The lowest BCUT2D eigenvalue weighted by Crippen LogP contribution is -2.39. The molecule has 0 aliphatic rings. The van der Waals surface area contributed by atoms with Crippen molar-refractivity contribution in [2.24, 2.45) is 0 Å². The molecule has 5 heteroatoms. The SMILES string of the molecule is C=CC(CC(=O)OCC)NC(=O)OC(C)(C)C. The molecule has 0 aromatic carbocycles. The van der Waals surface area contributed by atoms with Crippen LogP contribution in [0.25, 0.3) is 0 Å². The van der Waals surface area contributed by atoms with Gasteiger partial charge in [-0.25, -0.2) is 4.79 Å². The highest BCUT2D eigenvalue weighted by Crippen LogP contribution is 2.07. The summed E-state index contributed by atoms with van der Waals surface area (Å²) in [5, 5.41) is 2.53. The van der Waals surface area contributed by atoms with Gasteiger partial charge in [-0.05, 0) is 27.7 Å². The predicted octanol–water partition coefficient (Wildman–Crippen LogP) is 2.02. The van der Waals surface area contributed by atoms with Crippen molar-refractivity contribution in [2.45, 2.75) is 45.8 Å². The van der Waals surface area contributed by atoms with Crippen molar-refractivity contribution in [1.82, 2.24) is 5.32 Å². The highest BCUT2D eigenvalue weighted by molar-refractivity contribution is 5.73. The molecule has 17 heavy (non-hydrogen) atoms. The Bertz CT molecular complexity index is 281. The van der Waals surface area contributed by atoms with Crippen LogP contribution in [0.1, 0.15) is 34.1 Å². The molecule has 1 atom stereocenters. The largest absolute Gasteiger partial charge is 0.466 e. The maximum absolute atomic E-state index is 11.4. The summed E-state index contributed by atoms with van der Waals surface area (Å²) in [6.07, 6.45) is 0.948. The Hall–Kier alpha value is -1.52. The summed E-state index contributed by atoms with van der Waals surface area (Å²) in [5.74, 6) is -0.381. The van der Waals surface area contributed by atoms with E-state index in [1.165, 1.54) is 6.08 Å². The molecule has 1 unspecified atom stereocenters. The number of hydrogen-bond donors (Lipinski definition) is 1. The van der Waals surface area contributed by atoms with Crippen molar-refractivity contribution in [3.8, 4) is 0 Å². The summed E-state index contributed by atoms with van der Waals surface area (Å²) in [5.41, 5.74) is -0.570. The second kappa shape index (κ2) is 6.93. The van der Waals surface area contributed by atoms with Crippen LogP contribution in [0.5, 0.6) is 0 Å². The number of hydrogen-bond acceptors (Lipinski definition) is 4. The molecule has 0 saturated heterocycles. The predicted molar refractivity (Wildman–Crippen MR) is 64.6 cm³/mol. The van der Waals surface area contributed by atoms with E-state index in [1.54, 1.807) is 27.7 Å². The fourth-order valence-electron chi connectivity index (χ4n) is 1.05. The van der Waals surface area contributed by atoms with E-state index in [0.717, 1.165) is 0 Å². The van der Waals surface area contributed by atoms with Crippen LogP contribution in [0.3, 0.4) is 0 Å². The van der Waals surface area contributed by atoms with Gasteiger partial charge in [-0.15, -0.1) is 6.58 Å².